The van der Waals surface area contributed by atoms with Crippen LogP contribution < -0.4 is 29.6 Å². The van der Waals surface area contributed by atoms with Gasteiger partial charge in [-0.25, -0.2) is 18.4 Å². The van der Waals surface area contributed by atoms with Crippen molar-refractivity contribution in [1.29, 1.82) is 0 Å². The minimum Gasteiger partial charge on any atom is -0.497 e. The summed E-state index contributed by atoms with van der Waals surface area (Å²) >= 11 is 0. The van der Waals surface area contributed by atoms with E-state index >= 15 is 0 Å². The topological polar surface area (TPSA) is 141 Å². The van der Waals surface area contributed by atoms with E-state index < -0.39 is 10.0 Å². The molecule has 0 saturated carbocycles. The molecule has 0 aliphatic carbocycles. The Labute approximate surface area is 248 Å². The van der Waals surface area contributed by atoms with E-state index in [1.165, 1.54) is 38.5 Å². The Balaban J connectivity index is 1.40. The summed E-state index contributed by atoms with van der Waals surface area (Å²) in [5.74, 6) is 1.58. The third-order valence-electron chi connectivity index (χ3n) is 6.50. The number of anilines is 4. The number of hydrogen-bond donors (Lipinski definition) is 3. The summed E-state index contributed by atoms with van der Waals surface area (Å²) in [5, 5.41) is 5.91. The van der Waals surface area contributed by atoms with Crippen molar-refractivity contribution in [3.05, 3.63) is 96.1 Å². The zero-order chi connectivity index (χ0) is 30.6. The summed E-state index contributed by atoms with van der Waals surface area (Å²) in [6.07, 6.45) is 0. The zero-order valence-corrected chi connectivity index (χ0v) is 24.7. The lowest BCUT2D eigenvalue weighted by Crippen LogP contribution is -2.16. The second-order valence-electron chi connectivity index (χ2n) is 9.40. The van der Waals surface area contributed by atoms with Gasteiger partial charge in [-0.15, -0.1) is 0 Å². The molecular formula is C31H29N5O6S. The maximum atomic E-state index is 13.5. The standard InChI is InChI=1S/C31H29N5O6S/c1-19-15-20(9-14-28(19)42-4)31(37)33-21-10-12-25(13-11-21)43(38,39)36-30-29(34-26-7-5-6-8-27(26)35-30)32-22-16-23(40-2)18-24(17-22)41-3/h5-18H,1-4H3,(H,32,34)(H,33,37)(H,35,36). The van der Waals surface area contributed by atoms with Crippen LogP contribution in [-0.2, 0) is 10.0 Å². The number of sulfonamides is 1. The van der Waals surface area contributed by atoms with E-state index in [4.69, 9.17) is 14.2 Å². The predicted octanol–water partition coefficient (Wildman–Crippen LogP) is 5.76. The molecule has 1 amide bonds. The first kappa shape index (κ1) is 29.1. The molecule has 0 unspecified atom stereocenters. The summed E-state index contributed by atoms with van der Waals surface area (Å²) in [7, 11) is 0.527. The number of fused-ring (bicyclic) bond motifs is 1. The molecule has 0 aliphatic heterocycles. The third kappa shape index (κ3) is 6.60. The molecule has 0 atom stereocenters. The molecule has 1 heterocycles. The number of amides is 1. The van der Waals surface area contributed by atoms with E-state index in [-0.39, 0.29) is 22.4 Å². The van der Waals surface area contributed by atoms with Crippen LogP contribution in [-0.4, -0.2) is 45.6 Å². The maximum Gasteiger partial charge on any atom is 0.263 e. The molecule has 1 aromatic heterocycles. The molecule has 4 aromatic carbocycles. The van der Waals surface area contributed by atoms with Crippen molar-refractivity contribution in [2.75, 3.05) is 36.7 Å². The number of ether oxygens (including phenoxy) is 3. The van der Waals surface area contributed by atoms with Crippen LogP contribution in [0.25, 0.3) is 11.0 Å². The van der Waals surface area contributed by atoms with Crippen molar-refractivity contribution in [3.63, 3.8) is 0 Å². The van der Waals surface area contributed by atoms with Gasteiger partial charge in [0, 0.05) is 35.1 Å². The Morgan fingerprint density at radius 1 is 0.721 bits per heavy atom. The van der Waals surface area contributed by atoms with Gasteiger partial charge in [-0.3, -0.25) is 9.52 Å². The molecule has 12 heteroatoms. The van der Waals surface area contributed by atoms with Crippen LogP contribution in [0.1, 0.15) is 15.9 Å². The van der Waals surface area contributed by atoms with E-state index in [9.17, 15) is 13.2 Å². The highest BCUT2D eigenvalue weighted by Crippen LogP contribution is 2.31. The lowest BCUT2D eigenvalue weighted by atomic mass is 10.1. The molecule has 0 aliphatic rings. The maximum absolute atomic E-state index is 13.5. The minimum atomic E-state index is -4.10. The van der Waals surface area contributed by atoms with Gasteiger partial charge in [0.25, 0.3) is 15.9 Å². The van der Waals surface area contributed by atoms with E-state index in [1.54, 1.807) is 61.7 Å². The van der Waals surface area contributed by atoms with Crippen LogP contribution in [0.2, 0.25) is 0 Å². The second-order valence-corrected chi connectivity index (χ2v) is 11.1. The number of rotatable bonds is 10. The largest absolute Gasteiger partial charge is 0.497 e. The average Bonchev–Trinajstić information content (AvgIpc) is 3.01. The first-order valence-corrected chi connectivity index (χ1v) is 14.5. The monoisotopic (exact) mass is 599 g/mol. The molecule has 5 rings (SSSR count). The number of benzene rings is 4. The van der Waals surface area contributed by atoms with E-state index in [1.807, 2.05) is 13.0 Å². The average molecular weight is 600 g/mol. The van der Waals surface area contributed by atoms with Gasteiger partial charge in [0.05, 0.1) is 37.3 Å². The second kappa shape index (κ2) is 12.2. The SMILES string of the molecule is COc1cc(Nc2nc3ccccc3nc2NS(=O)(=O)c2ccc(NC(=O)c3ccc(OC)c(C)c3)cc2)cc(OC)c1. The summed E-state index contributed by atoms with van der Waals surface area (Å²) in [5.41, 5.74) is 3.31. The minimum absolute atomic E-state index is 0.00672. The Kier molecular flexibility index (Phi) is 8.30. The fourth-order valence-electron chi connectivity index (χ4n) is 4.30. The molecular weight excluding hydrogens is 570 g/mol. The molecule has 220 valence electrons. The Bertz CT molecular complexity index is 1890. The highest BCUT2D eigenvalue weighted by molar-refractivity contribution is 7.92. The fourth-order valence-corrected chi connectivity index (χ4v) is 5.31. The van der Waals surface area contributed by atoms with Gasteiger partial charge in [0.2, 0.25) is 0 Å². The highest BCUT2D eigenvalue weighted by Gasteiger charge is 2.20. The molecule has 0 spiro atoms. The van der Waals surface area contributed by atoms with E-state index in [0.717, 1.165) is 5.56 Å². The molecule has 0 saturated heterocycles. The molecule has 11 nitrogen and oxygen atoms in total. The molecule has 43 heavy (non-hydrogen) atoms. The molecule has 3 N–H and O–H groups in total. The number of aryl methyl sites for hydroxylation is 1. The molecule has 0 radical (unpaired) electrons. The quantitative estimate of drug-likeness (QED) is 0.183. The van der Waals surface area contributed by atoms with Crippen LogP contribution in [0.3, 0.4) is 0 Å². The summed E-state index contributed by atoms with van der Waals surface area (Å²) < 4.78 is 45.4. The van der Waals surface area contributed by atoms with Gasteiger partial charge >= 0.3 is 0 Å². The molecule has 0 bridgehead atoms. The summed E-state index contributed by atoms with van der Waals surface area (Å²) in [6, 6.07) is 23.2. The van der Waals surface area contributed by atoms with Crippen LogP contribution >= 0.6 is 0 Å². The highest BCUT2D eigenvalue weighted by atomic mass is 32.2. The lowest BCUT2D eigenvalue weighted by Gasteiger charge is -2.15. The number of nitrogens with one attached hydrogen (secondary N) is 3. The van der Waals surface area contributed by atoms with Crippen molar-refractivity contribution < 1.29 is 27.4 Å². The van der Waals surface area contributed by atoms with E-state index in [0.29, 0.717) is 45.2 Å². The third-order valence-corrected chi connectivity index (χ3v) is 7.85. The van der Waals surface area contributed by atoms with Crippen LogP contribution in [0.15, 0.2) is 89.8 Å². The number of carbonyl (C=O) groups is 1. The number of aromatic nitrogens is 2. The normalized spacial score (nSPS) is 11.1. The number of para-hydroxylation sites is 2. The molecule has 0 fully saturated rings. The summed E-state index contributed by atoms with van der Waals surface area (Å²) in [6.45, 7) is 1.84. The van der Waals surface area contributed by atoms with Crippen molar-refractivity contribution in [1.82, 2.24) is 9.97 Å². The van der Waals surface area contributed by atoms with Crippen LogP contribution in [0.4, 0.5) is 23.0 Å². The Morgan fingerprint density at radius 3 is 1.93 bits per heavy atom. The van der Waals surface area contributed by atoms with Crippen molar-refractivity contribution in [2.45, 2.75) is 11.8 Å². The number of nitrogens with zero attached hydrogens (tertiary/aromatic N) is 2. The van der Waals surface area contributed by atoms with Crippen molar-refractivity contribution >= 4 is 50.0 Å². The van der Waals surface area contributed by atoms with Gasteiger partial charge in [0.1, 0.15) is 17.2 Å². The number of methoxy groups -OCH3 is 3. The van der Waals surface area contributed by atoms with Gasteiger partial charge in [-0.05, 0) is 67.1 Å². The summed E-state index contributed by atoms with van der Waals surface area (Å²) in [4.78, 5) is 21.9. The Hall–Kier alpha value is -5.36. The van der Waals surface area contributed by atoms with Crippen LogP contribution in [0.5, 0.6) is 17.2 Å². The van der Waals surface area contributed by atoms with Gasteiger partial charge in [-0.1, -0.05) is 12.1 Å². The molecule has 5 aromatic rings. The fraction of sp³-hybridized carbons (Fsp3) is 0.129. The number of hydrogen-bond acceptors (Lipinski definition) is 9. The van der Waals surface area contributed by atoms with Crippen LogP contribution in [0, 0.1) is 6.92 Å². The first-order valence-electron chi connectivity index (χ1n) is 13.0. The van der Waals surface area contributed by atoms with Crippen molar-refractivity contribution in [2.24, 2.45) is 0 Å². The lowest BCUT2D eigenvalue weighted by molar-refractivity contribution is 0.102. The van der Waals surface area contributed by atoms with Gasteiger partial charge < -0.3 is 24.8 Å². The van der Waals surface area contributed by atoms with Gasteiger partial charge in [0.15, 0.2) is 11.6 Å². The predicted molar refractivity (Wildman–Crippen MR) is 165 cm³/mol. The first-order chi connectivity index (χ1) is 20.7. The zero-order valence-electron chi connectivity index (χ0n) is 23.8. The Morgan fingerprint density at radius 2 is 1.35 bits per heavy atom. The van der Waals surface area contributed by atoms with Gasteiger partial charge in [-0.2, -0.15) is 0 Å². The number of carbonyl (C=O) groups excluding carboxylic acids is 1. The van der Waals surface area contributed by atoms with E-state index in [2.05, 4.69) is 25.3 Å². The van der Waals surface area contributed by atoms with Crippen molar-refractivity contribution in [3.8, 4) is 17.2 Å². The smallest absolute Gasteiger partial charge is 0.263 e.